The Morgan fingerprint density at radius 1 is 1.40 bits per heavy atom. The number of nitrogens with zero attached hydrogens (tertiary/aromatic N) is 1. The van der Waals surface area contributed by atoms with Crippen LogP contribution in [0.4, 0.5) is 0 Å². The molecule has 0 aliphatic carbocycles. The molecule has 8 heteroatoms. The third-order valence-electron chi connectivity index (χ3n) is 3.85. The lowest BCUT2D eigenvalue weighted by Crippen LogP contribution is -2.44. The average molecular weight is 481 g/mol. The Morgan fingerprint density at radius 2 is 2.12 bits per heavy atom. The molecule has 1 aliphatic rings. The maximum Gasteiger partial charge on any atom is 0.191 e. The van der Waals surface area contributed by atoms with E-state index in [2.05, 4.69) is 15.6 Å². The second kappa shape index (κ2) is 10.2. The van der Waals surface area contributed by atoms with Crippen LogP contribution in [0.15, 0.2) is 29.3 Å². The number of guanidine groups is 1. The highest BCUT2D eigenvalue weighted by molar-refractivity contribution is 14.0. The summed E-state index contributed by atoms with van der Waals surface area (Å²) < 4.78 is 29.0. The van der Waals surface area contributed by atoms with Crippen LogP contribution >= 0.6 is 24.0 Å². The maximum atomic E-state index is 11.6. The zero-order chi connectivity index (χ0) is 17.6. The zero-order valence-electron chi connectivity index (χ0n) is 15.0. The molecular formula is C17H28IN3O3S. The van der Waals surface area contributed by atoms with Gasteiger partial charge >= 0.3 is 0 Å². The van der Waals surface area contributed by atoms with E-state index in [0.29, 0.717) is 18.9 Å². The molecule has 2 atom stereocenters. The van der Waals surface area contributed by atoms with Crippen LogP contribution in [-0.2, 0) is 9.84 Å². The molecule has 0 radical (unpaired) electrons. The first kappa shape index (κ1) is 22.0. The van der Waals surface area contributed by atoms with Crippen LogP contribution in [0.1, 0.15) is 25.8 Å². The van der Waals surface area contributed by atoms with E-state index >= 15 is 0 Å². The molecule has 25 heavy (non-hydrogen) atoms. The Hall–Kier alpha value is -1.03. The quantitative estimate of drug-likeness (QED) is 0.370. The number of sulfone groups is 1. The summed E-state index contributed by atoms with van der Waals surface area (Å²) in [5.41, 5.74) is 1.09. The minimum absolute atomic E-state index is 0. The topological polar surface area (TPSA) is 79.8 Å². The van der Waals surface area contributed by atoms with Gasteiger partial charge in [-0.15, -0.1) is 24.0 Å². The predicted molar refractivity (Wildman–Crippen MR) is 113 cm³/mol. The molecule has 1 heterocycles. The minimum Gasteiger partial charge on any atom is -0.489 e. The number of hydrogen-bond donors (Lipinski definition) is 2. The van der Waals surface area contributed by atoms with Gasteiger partial charge in [0.05, 0.1) is 18.1 Å². The Labute approximate surface area is 167 Å². The molecular weight excluding hydrogens is 453 g/mol. The molecule has 0 bridgehead atoms. The predicted octanol–water partition coefficient (Wildman–Crippen LogP) is 2.12. The largest absolute Gasteiger partial charge is 0.489 e. The van der Waals surface area contributed by atoms with Gasteiger partial charge in [0.15, 0.2) is 15.8 Å². The highest BCUT2D eigenvalue weighted by Gasteiger charge is 2.28. The fourth-order valence-corrected chi connectivity index (χ4v) is 4.26. The third-order valence-corrected chi connectivity index (χ3v) is 5.61. The van der Waals surface area contributed by atoms with E-state index in [1.807, 2.05) is 45.0 Å². The van der Waals surface area contributed by atoms with Crippen LogP contribution in [0.3, 0.4) is 0 Å². The van der Waals surface area contributed by atoms with E-state index in [9.17, 15) is 8.42 Å². The average Bonchev–Trinajstić information content (AvgIpc) is 2.86. The van der Waals surface area contributed by atoms with Gasteiger partial charge in [-0.2, -0.15) is 0 Å². The van der Waals surface area contributed by atoms with E-state index in [0.717, 1.165) is 17.9 Å². The van der Waals surface area contributed by atoms with Crippen LogP contribution in [-0.4, -0.2) is 51.1 Å². The molecule has 0 amide bonds. The van der Waals surface area contributed by atoms with Crippen molar-refractivity contribution in [2.75, 3.05) is 24.6 Å². The summed E-state index contributed by atoms with van der Waals surface area (Å²) in [5, 5.41) is 6.36. The normalized spacial score (nSPS) is 20.4. The van der Waals surface area contributed by atoms with Crippen molar-refractivity contribution in [1.82, 2.24) is 10.6 Å². The van der Waals surface area contributed by atoms with E-state index < -0.39 is 9.84 Å². The number of halogens is 1. The number of benzene rings is 1. The van der Waals surface area contributed by atoms with E-state index in [1.165, 1.54) is 0 Å². The number of aliphatic imine (C=N–C) groups is 1. The second-order valence-corrected chi connectivity index (χ2v) is 8.39. The highest BCUT2D eigenvalue weighted by atomic mass is 127. The molecule has 1 fully saturated rings. The van der Waals surface area contributed by atoms with E-state index in [-0.39, 0.29) is 47.6 Å². The number of aryl methyl sites for hydroxylation is 1. The van der Waals surface area contributed by atoms with Crippen molar-refractivity contribution in [1.29, 1.82) is 0 Å². The molecule has 6 nitrogen and oxygen atoms in total. The van der Waals surface area contributed by atoms with Crippen LogP contribution in [0.25, 0.3) is 0 Å². The van der Waals surface area contributed by atoms with Crippen molar-refractivity contribution in [2.24, 2.45) is 4.99 Å². The van der Waals surface area contributed by atoms with Gasteiger partial charge in [-0.1, -0.05) is 18.2 Å². The molecule has 2 rings (SSSR count). The van der Waals surface area contributed by atoms with Crippen LogP contribution < -0.4 is 15.4 Å². The van der Waals surface area contributed by atoms with Crippen LogP contribution in [0.5, 0.6) is 5.75 Å². The van der Waals surface area contributed by atoms with Crippen molar-refractivity contribution < 1.29 is 13.2 Å². The Morgan fingerprint density at radius 3 is 2.72 bits per heavy atom. The smallest absolute Gasteiger partial charge is 0.191 e. The van der Waals surface area contributed by atoms with Gasteiger partial charge in [-0.3, -0.25) is 0 Å². The van der Waals surface area contributed by atoms with Gasteiger partial charge in [-0.25, -0.2) is 13.4 Å². The van der Waals surface area contributed by atoms with Gasteiger partial charge in [0.25, 0.3) is 0 Å². The fourth-order valence-electron chi connectivity index (χ4n) is 2.58. The highest BCUT2D eigenvalue weighted by Crippen LogP contribution is 2.17. The van der Waals surface area contributed by atoms with E-state index in [1.54, 1.807) is 0 Å². The number of ether oxygens (including phenoxy) is 1. The monoisotopic (exact) mass is 481 g/mol. The Kier molecular flexibility index (Phi) is 8.98. The van der Waals surface area contributed by atoms with Crippen LogP contribution in [0, 0.1) is 6.92 Å². The molecule has 1 aromatic carbocycles. The fraction of sp³-hybridized carbons (Fsp3) is 0.588. The molecule has 0 saturated carbocycles. The first-order valence-electron chi connectivity index (χ1n) is 8.37. The number of nitrogens with one attached hydrogen (secondary N) is 2. The lowest BCUT2D eigenvalue weighted by Gasteiger charge is -2.18. The molecule has 2 N–H and O–H groups in total. The van der Waals surface area contributed by atoms with Gasteiger partial charge in [-0.05, 0) is 38.8 Å². The van der Waals surface area contributed by atoms with Crippen molar-refractivity contribution >= 4 is 39.8 Å². The number of para-hydroxylation sites is 1. The van der Waals surface area contributed by atoms with Crippen molar-refractivity contribution in [3.8, 4) is 5.75 Å². The zero-order valence-corrected chi connectivity index (χ0v) is 18.1. The second-order valence-electron chi connectivity index (χ2n) is 6.16. The standard InChI is InChI=1S/C17H27N3O3S.HI/c1-4-18-17(20-15-9-10-24(21,22)12-15)19-11-14(3)23-16-8-6-5-7-13(16)2;/h5-8,14-15H,4,9-12H2,1-3H3,(H2,18,19,20);1H. The summed E-state index contributed by atoms with van der Waals surface area (Å²) in [6.07, 6.45) is 0.552. The van der Waals surface area contributed by atoms with Crippen LogP contribution in [0.2, 0.25) is 0 Å². The van der Waals surface area contributed by atoms with Gasteiger partial charge < -0.3 is 15.4 Å². The molecule has 1 saturated heterocycles. The molecule has 1 aliphatic heterocycles. The van der Waals surface area contributed by atoms with Crippen molar-refractivity contribution in [2.45, 2.75) is 39.3 Å². The summed E-state index contributed by atoms with van der Waals surface area (Å²) in [4.78, 5) is 4.53. The lowest BCUT2D eigenvalue weighted by atomic mass is 10.2. The SMILES string of the molecule is CCNC(=NCC(C)Oc1ccccc1C)NC1CCS(=O)(=O)C1.I. The summed E-state index contributed by atoms with van der Waals surface area (Å²) in [7, 11) is -2.90. The molecule has 0 aromatic heterocycles. The van der Waals surface area contributed by atoms with Crippen molar-refractivity contribution in [3.05, 3.63) is 29.8 Å². The summed E-state index contributed by atoms with van der Waals surface area (Å²) in [5.74, 6) is 1.92. The first-order chi connectivity index (χ1) is 11.4. The van der Waals surface area contributed by atoms with Gasteiger partial charge in [0.2, 0.25) is 0 Å². The minimum atomic E-state index is -2.90. The van der Waals surface area contributed by atoms with Crippen molar-refractivity contribution in [3.63, 3.8) is 0 Å². The number of rotatable bonds is 6. The lowest BCUT2D eigenvalue weighted by molar-refractivity contribution is 0.228. The molecule has 142 valence electrons. The number of hydrogen-bond acceptors (Lipinski definition) is 4. The Balaban J connectivity index is 0.00000312. The van der Waals surface area contributed by atoms with Gasteiger partial charge in [0.1, 0.15) is 11.9 Å². The third kappa shape index (κ3) is 7.39. The summed E-state index contributed by atoms with van der Waals surface area (Å²) in [6, 6.07) is 7.82. The molecule has 1 aromatic rings. The Bertz CT molecular complexity index is 679. The first-order valence-corrected chi connectivity index (χ1v) is 10.2. The molecule has 2 unspecified atom stereocenters. The summed E-state index contributed by atoms with van der Waals surface area (Å²) >= 11 is 0. The molecule has 0 spiro atoms. The summed E-state index contributed by atoms with van der Waals surface area (Å²) in [6.45, 7) is 7.17. The van der Waals surface area contributed by atoms with Gasteiger partial charge in [0, 0.05) is 12.6 Å². The van der Waals surface area contributed by atoms with E-state index in [4.69, 9.17) is 4.74 Å². The maximum absolute atomic E-state index is 11.6.